The summed E-state index contributed by atoms with van der Waals surface area (Å²) in [6.07, 6.45) is 0. The van der Waals surface area contributed by atoms with E-state index in [4.69, 9.17) is 21.1 Å². The summed E-state index contributed by atoms with van der Waals surface area (Å²) >= 11 is 5.98. The zero-order valence-corrected chi connectivity index (χ0v) is 13.5. The first kappa shape index (κ1) is 16.2. The number of nitrogens with one attached hydrogen (secondary N) is 1. The van der Waals surface area contributed by atoms with Gasteiger partial charge in [-0.2, -0.15) is 0 Å². The van der Waals surface area contributed by atoms with E-state index in [0.29, 0.717) is 28.6 Å². The number of ether oxygens (including phenoxy) is 2. The van der Waals surface area contributed by atoms with Gasteiger partial charge in [0.15, 0.2) is 0 Å². The van der Waals surface area contributed by atoms with Crippen LogP contribution in [0.25, 0.3) is 0 Å². The summed E-state index contributed by atoms with van der Waals surface area (Å²) in [5, 5.41) is 3.68. The minimum Gasteiger partial charge on any atom is -0.495 e. The highest BCUT2D eigenvalue weighted by molar-refractivity contribution is 6.31. The number of hydrogen-bond donors (Lipinski definition) is 1. The molecular formula is C17H18ClNO3. The zero-order valence-electron chi connectivity index (χ0n) is 12.8. The summed E-state index contributed by atoms with van der Waals surface area (Å²) in [6, 6.07) is 10.8. The van der Waals surface area contributed by atoms with Crippen LogP contribution >= 0.6 is 11.6 Å². The highest BCUT2D eigenvalue weighted by atomic mass is 35.5. The fraction of sp³-hybridized carbons (Fsp3) is 0.235. The van der Waals surface area contributed by atoms with Crippen molar-refractivity contribution in [1.29, 1.82) is 0 Å². The Hall–Kier alpha value is -2.20. The van der Waals surface area contributed by atoms with Crippen molar-refractivity contribution in [3.05, 3.63) is 52.5 Å². The molecule has 0 heterocycles. The highest BCUT2D eigenvalue weighted by Crippen LogP contribution is 2.31. The van der Waals surface area contributed by atoms with Crippen LogP contribution in [0.5, 0.6) is 5.75 Å². The summed E-state index contributed by atoms with van der Waals surface area (Å²) in [7, 11) is 1.61. The highest BCUT2D eigenvalue weighted by Gasteiger charge is 2.15. The number of rotatable bonds is 5. The number of carbonyl (C=O) groups excluding carboxylic acids is 1. The number of methoxy groups -OCH3 is 1. The lowest BCUT2D eigenvalue weighted by Gasteiger charge is -2.15. The van der Waals surface area contributed by atoms with Gasteiger partial charge in [0, 0.05) is 5.02 Å². The Bertz CT molecular complexity index is 686. The molecule has 116 valence electrons. The van der Waals surface area contributed by atoms with Gasteiger partial charge in [-0.25, -0.2) is 4.79 Å². The molecule has 0 saturated heterocycles. The second-order valence-corrected chi connectivity index (χ2v) is 5.18. The van der Waals surface area contributed by atoms with Crippen LogP contribution in [-0.2, 0) is 4.74 Å². The van der Waals surface area contributed by atoms with Crippen molar-refractivity contribution in [2.24, 2.45) is 0 Å². The normalized spacial score (nSPS) is 10.2. The van der Waals surface area contributed by atoms with Gasteiger partial charge in [-0.05, 0) is 49.7 Å². The first-order chi connectivity index (χ1) is 10.5. The van der Waals surface area contributed by atoms with Crippen LogP contribution in [-0.4, -0.2) is 19.7 Å². The summed E-state index contributed by atoms with van der Waals surface area (Å²) in [6.45, 7) is 4.05. The third-order valence-electron chi connectivity index (χ3n) is 3.10. The predicted octanol–water partition coefficient (Wildman–Crippen LogP) is 4.58. The first-order valence-electron chi connectivity index (χ1n) is 6.93. The van der Waals surface area contributed by atoms with E-state index in [-0.39, 0.29) is 0 Å². The van der Waals surface area contributed by atoms with Gasteiger partial charge in [0.2, 0.25) is 0 Å². The molecule has 0 atom stereocenters. The lowest BCUT2D eigenvalue weighted by atomic mass is 10.1. The van der Waals surface area contributed by atoms with Crippen molar-refractivity contribution < 1.29 is 14.3 Å². The topological polar surface area (TPSA) is 47.6 Å². The van der Waals surface area contributed by atoms with Crippen LogP contribution in [0.4, 0.5) is 11.4 Å². The van der Waals surface area contributed by atoms with Crippen molar-refractivity contribution in [1.82, 2.24) is 0 Å². The number of halogens is 1. The monoisotopic (exact) mass is 319 g/mol. The van der Waals surface area contributed by atoms with Gasteiger partial charge in [0.25, 0.3) is 0 Å². The van der Waals surface area contributed by atoms with Gasteiger partial charge >= 0.3 is 5.97 Å². The largest absolute Gasteiger partial charge is 0.495 e. The molecular weight excluding hydrogens is 302 g/mol. The van der Waals surface area contributed by atoms with Crippen molar-refractivity contribution in [2.45, 2.75) is 13.8 Å². The van der Waals surface area contributed by atoms with Crippen molar-refractivity contribution in [3.63, 3.8) is 0 Å². The molecule has 0 aliphatic rings. The lowest BCUT2D eigenvalue weighted by Crippen LogP contribution is -2.08. The second kappa shape index (κ2) is 7.18. The molecule has 0 amide bonds. The van der Waals surface area contributed by atoms with Gasteiger partial charge in [-0.15, -0.1) is 0 Å². The minimum absolute atomic E-state index is 0.304. The van der Waals surface area contributed by atoms with Crippen molar-refractivity contribution in [3.8, 4) is 5.75 Å². The molecule has 0 spiro atoms. The Labute approximate surface area is 135 Å². The van der Waals surface area contributed by atoms with Crippen LogP contribution in [0, 0.1) is 6.92 Å². The molecule has 0 saturated carbocycles. The van der Waals surface area contributed by atoms with Crippen LogP contribution < -0.4 is 10.1 Å². The summed E-state index contributed by atoms with van der Waals surface area (Å²) in [5.41, 5.74) is 2.85. The van der Waals surface area contributed by atoms with E-state index in [1.807, 2.05) is 25.1 Å². The Morgan fingerprint density at radius 2 is 1.91 bits per heavy atom. The number of esters is 1. The Balaban J connectivity index is 2.39. The molecule has 4 nitrogen and oxygen atoms in total. The maximum atomic E-state index is 12.1. The average Bonchev–Trinajstić information content (AvgIpc) is 2.50. The quantitative estimate of drug-likeness (QED) is 0.820. The Morgan fingerprint density at radius 1 is 1.18 bits per heavy atom. The molecule has 0 aliphatic carbocycles. The molecule has 0 aliphatic heterocycles. The van der Waals surface area contributed by atoms with Gasteiger partial charge in [0.1, 0.15) is 5.75 Å². The third-order valence-corrected chi connectivity index (χ3v) is 3.34. The van der Waals surface area contributed by atoms with E-state index in [1.165, 1.54) is 0 Å². The Morgan fingerprint density at radius 3 is 2.59 bits per heavy atom. The number of hydrogen-bond acceptors (Lipinski definition) is 4. The first-order valence-corrected chi connectivity index (χ1v) is 7.31. The molecule has 0 fully saturated rings. The summed E-state index contributed by atoms with van der Waals surface area (Å²) in [4.78, 5) is 12.1. The van der Waals surface area contributed by atoms with Crippen LogP contribution in [0.15, 0.2) is 36.4 Å². The van der Waals surface area contributed by atoms with E-state index >= 15 is 0 Å². The number of anilines is 2. The Kier molecular flexibility index (Phi) is 5.28. The van der Waals surface area contributed by atoms with E-state index in [1.54, 1.807) is 32.2 Å². The standard InChI is InChI=1S/C17H18ClNO3/c1-4-22-17(20)13-10-12(18)6-8-14(13)19-15-7-5-11(2)9-16(15)21-3/h5-10,19H,4H2,1-3H3. The molecule has 0 unspecified atom stereocenters. The van der Waals surface area contributed by atoms with Crippen LogP contribution in [0.1, 0.15) is 22.8 Å². The molecule has 2 rings (SSSR count). The van der Waals surface area contributed by atoms with Gasteiger partial charge in [-0.1, -0.05) is 17.7 Å². The maximum Gasteiger partial charge on any atom is 0.340 e. The van der Waals surface area contributed by atoms with Crippen LogP contribution in [0.3, 0.4) is 0 Å². The summed E-state index contributed by atoms with van der Waals surface area (Å²) in [5.74, 6) is 0.281. The molecule has 5 heteroatoms. The van der Waals surface area contributed by atoms with Gasteiger partial charge < -0.3 is 14.8 Å². The molecule has 1 N–H and O–H groups in total. The third kappa shape index (κ3) is 3.71. The SMILES string of the molecule is CCOC(=O)c1cc(Cl)ccc1Nc1ccc(C)cc1OC. The molecule has 0 radical (unpaired) electrons. The molecule has 0 bridgehead atoms. The predicted molar refractivity (Wildman–Crippen MR) is 88.4 cm³/mol. The van der Waals surface area contributed by atoms with Gasteiger partial charge in [0.05, 0.1) is 30.7 Å². The zero-order chi connectivity index (χ0) is 16.1. The summed E-state index contributed by atoms with van der Waals surface area (Å²) < 4.78 is 10.4. The molecule has 2 aromatic carbocycles. The minimum atomic E-state index is -0.418. The van der Waals surface area contributed by atoms with Crippen molar-refractivity contribution >= 4 is 28.9 Å². The van der Waals surface area contributed by atoms with Crippen molar-refractivity contribution in [2.75, 3.05) is 19.0 Å². The maximum absolute atomic E-state index is 12.1. The fourth-order valence-corrected chi connectivity index (χ4v) is 2.22. The van der Waals surface area contributed by atoms with E-state index in [2.05, 4.69) is 5.32 Å². The van der Waals surface area contributed by atoms with E-state index in [9.17, 15) is 4.79 Å². The number of aryl methyl sites for hydroxylation is 1. The van der Waals surface area contributed by atoms with E-state index in [0.717, 1.165) is 11.3 Å². The smallest absolute Gasteiger partial charge is 0.340 e. The molecule has 22 heavy (non-hydrogen) atoms. The molecule has 0 aromatic heterocycles. The van der Waals surface area contributed by atoms with Gasteiger partial charge in [-0.3, -0.25) is 0 Å². The second-order valence-electron chi connectivity index (χ2n) is 4.74. The van der Waals surface area contributed by atoms with E-state index < -0.39 is 5.97 Å². The molecule has 2 aromatic rings. The fourth-order valence-electron chi connectivity index (χ4n) is 2.05. The lowest BCUT2D eigenvalue weighted by molar-refractivity contribution is 0.0527. The van der Waals surface area contributed by atoms with Crippen LogP contribution in [0.2, 0.25) is 5.02 Å². The average molecular weight is 320 g/mol. The number of carbonyl (C=O) groups is 1. The number of benzene rings is 2.